The van der Waals surface area contributed by atoms with Gasteiger partial charge in [-0.2, -0.15) is 0 Å². The average Bonchev–Trinajstić information content (AvgIpc) is 3.22. The minimum Gasteiger partial charge on any atom is -0.495 e. The minimum atomic E-state index is -3.48. The Hall–Kier alpha value is -1.11. The van der Waals surface area contributed by atoms with E-state index in [1.165, 1.54) is 11.4 Å². The summed E-state index contributed by atoms with van der Waals surface area (Å²) in [7, 11) is 1.50. The van der Waals surface area contributed by atoms with Crippen LogP contribution in [0.2, 0.25) is 0 Å². The molecule has 20 heavy (non-hydrogen) atoms. The predicted octanol–water partition coefficient (Wildman–Crippen LogP) is 1.45. The quantitative estimate of drug-likeness (QED) is 0.827. The molecule has 0 amide bonds. The number of methoxy groups -OCH3 is 1. The number of ether oxygens (including phenoxy) is 1. The highest BCUT2D eigenvalue weighted by molar-refractivity contribution is 7.89. The first-order valence-corrected chi connectivity index (χ1v) is 8.21. The van der Waals surface area contributed by atoms with Crippen LogP contribution in [0.1, 0.15) is 18.4 Å². The fraction of sp³-hybridized carbons (Fsp3) is 0.571. The van der Waals surface area contributed by atoms with Crippen molar-refractivity contribution >= 4 is 10.0 Å². The Morgan fingerprint density at radius 2 is 2.10 bits per heavy atom. The average molecular weight is 298 g/mol. The fourth-order valence-electron chi connectivity index (χ4n) is 2.17. The van der Waals surface area contributed by atoms with Gasteiger partial charge in [-0.3, -0.25) is 0 Å². The molecule has 0 heterocycles. The summed E-state index contributed by atoms with van der Waals surface area (Å²) in [4.78, 5) is 0.239. The maximum absolute atomic E-state index is 12.6. The molecule has 1 aromatic rings. The number of benzene rings is 1. The lowest BCUT2D eigenvalue weighted by Crippen LogP contribution is -2.29. The lowest BCUT2D eigenvalue weighted by Gasteiger charge is -2.19. The van der Waals surface area contributed by atoms with Gasteiger partial charge < -0.3 is 10.1 Å². The molecule has 0 saturated heterocycles. The Kier molecular flexibility index (Phi) is 4.67. The molecule has 1 saturated carbocycles. The van der Waals surface area contributed by atoms with Crippen LogP contribution in [0, 0.1) is 5.92 Å². The van der Waals surface area contributed by atoms with E-state index in [0.717, 1.165) is 18.4 Å². The van der Waals surface area contributed by atoms with Crippen LogP contribution in [0.15, 0.2) is 23.1 Å². The van der Waals surface area contributed by atoms with E-state index in [-0.39, 0.29) is 4.90 Å². The van der Waals surface area contributed by atoms with Gasteiger partial charge in [-0.1, -0.05) is 6.07 Å². The van der Waals surface area contributed by atoms with E-state index in [4.69, 9.17) is 4.74 Å². The number of hydrogen-bond donors (Lipinski definition) is 1. The molecule has 0 bridgehead atoms. The summed E-state index contributed by atoms with van der Waals surface area (Å²) >= 11 is 0. The smallest absolute Gasteiger partial charge is 0.246 e. The molecule has 0 radical (unpaired) electrons. The van der Waals surface area contributed by atoms with Gasteiger partial charge in [0.2, 0.25) is 10.0 Å². The third-order valence-electron chi connectivity index (χ3n) is 3.51. The second-order valence-electron chi connectivity index (χ2n) is 5.24. The highest BCUT2D eigenvalue weighted by Crippen LogP contribution is 2.33. The van der Waals surface area contributed by atoms with Crippen molar-refractivity contribution in [1.82, 2.24) is 9.62 Å². The first kappa shape index (κ1) is 15.3. The molecule has 112 valence electrons. The normalized spacial score (nSPS) is 15.6. The van der Waals surface area contributed by atoms with Crippen molar-refractivity contribution in [3.8, 4) is 5.75 Å². The second-order valence-corrected chi connectivity index (χ2v) is 7.26. The Morgan fingerprint density at radius 3 is 2.65 bits per heavy atom. The van der Waals surface area contributed by atoms with Crippen molar-refractivity contribution in [3.05, 3.63) is 23.8 Å². The molecule has 5 nitrogen and oxygen atoms in total. The molecule has 0 aliphatic heterocycles. The molecule has 2 rings (SSSR count). The van der Waals surface area contributed by atoms with Gasteiger partial charge in [0.05, 0.1) is 7.11 Å². The van der Waals surface area contributed by atoms with Gasteiger partial charge in [-0.05, 0) is 43.5 Å². The van der Waals surface area contributed by atoms with Crippen LogP contribution in [0.3, 0.4) is 0 Å². The first-order chi connectivity index (χ1) is 9.48. The van der Waals surface area contributed by atoms with Gasteiger partial charge in [0, 0.05) is 20.1 Å². The molecule has 1 aliphatic rings. The van der Waals surface area contributed by atoms with Crippen LogP contribution >= 0.6 is 0 Å². The van der Waals surface area contributed by atoms with Crippen molar-refractivity contribution in [2.24, 2.45) is 5.92 Å². The molecule has 1 N–H and O–H groups in total. The summed E-state index contributed by atoms with van der Waals surface area (Å²) in [6, 6.07) is 5.22. The number of sulfonamides is 1. The van der Waals surface area contributed by atoms with E-state index in [1.54, 1.807) is 19.2 Å². The Bertz CT molecular complexity index is 568. The van der Waals surface area contributed by atoms with Crippen LogP contribution in [-0.2, 0) is 16.6 Å². The van der Waals surface area contributed by atoms with E-state index in [1.807, 2.05) is 13.1 Å². The van der Waals surface area contributed by atoms with Crippen LogP contribution in [-0.4, -0.2) is 40.5 Å². The van der Waals surface area contributed by atoms with Gasteiger partial charge in [-0.15, -0.1) is 0 Å². The summed E-state index contributed by atoms with van der Waals surface area (Å²) < 4.78 is 31.8. The molecular formula is C14H22N2O3S. The van der Waals surface area contributed by atoms with Crippen molar-refractivity contribution in [2.75, 3.05) is 27.7 Å². The van der Waals surface area contributed by atoms with E-state index >= 15 is 0 Å². The molecule has 1 fully saturated rings. The molecule has 0 spiro atoms. The number of rotatable bonds is 7. The maximum atomic E-state index is 12.6. The van der Waals surface area contributed by atoms with Gasteiger partial charge in [0.25, 0.3) is 0 Å². The van der Waals surface area contributed by atoms with Gasteiger partial charge >= 0.3 is 0 Å². The van der Waals surface area contributed by atoms with E-state index < -0.39 is 10.0 Å². The third kappa shape index (κ3) is 3.31. The summed E-state index contributed by atoms with van der Waals surface area (Å²) in [6.07, 6.45) is 2.25. The molecule has 0 aromatic heterocycles. The molecule has 1 aliphatic carbocycles. The van der Waals surface area contributed by atoms with Crippen molar-refractivity contribution < 1.29 is 13.2 Å². The largest absolute Gasteiger partial charge is 0.495 e. The summed E-state index contributed by atoms with van der Waals surface area (Å²) in [5, 5.41) is 3.04. The number of hydrogen-bond acceptors (Lipinski definition) is 4. The lowest BCUT2D eigenvalue weighted by atomic mass is 10.2. The zero-order valence-electron chi connectivity index (χ0n) is 12.2. The first-order valence-electron chi connectivity index (χ1n) is 6.77. The van der Waals surface area contributed by atoms with Crippen LogP contribution in [0.5, 0.6) is 5.75 Å². The molecule has 6 heteroatoms. The summed E-state index contributed by atoms with van der Waals surface area (Å²) in [6.45, 7) is 1.26. The minimum absolute atomic E-state index is 0.239. The molecule has 0 atom stereocenters. The topological polar surface area (TPSA) is 58.6 Å². The van der Waals surface area contributed by atoms with E-state index in [9.17, 15) is 8.42 Å². The van der Waals surface area contributed by atoms with Crippen molar-refractivity contribution in [3.63, 3.8) is 0 Å². The Morgan fingerprint density at radius 1 is 1.40 bits per heavy atom. The maximum Gasteiger partial charge on any atom is 0.246 e. The van der Waals surface area contributed by atoms with Crippen LogP contribution in [0.4, 0.5) is 0 Å². The lowest BCUT2D eigenvalue weighted by molar-refractivity contribution is 0.396. The van der Waals surface area contributed by atoms with Crippen molar-refractivity contribution in [2.45, 2.75) is 24.3 Å². The fourth-order valence-corrected chi connectivity index (χ4v) is 3.55. The molecule has 0 unspecified atom stereocenters. The summed E-state index contributed by atoms with van der Waals surface area (Å²) in [5.41, 5.74) is 0.994. The number of nitrogens with one attached hydrogen (secondary N) is 1. The highest BCUT2D eigenvalue weighted by Gasteiger charge is 2.30. The Balaban J connectivity index is 2.29. The summed E-state index contributed by atoms with van der Waals surface area (Å²) in [5.74, 6) is 0.921. The van der Waals surface area contributed by atoms with Crippen LogP contribution in [0.25, 0.3) is 0 Å². The molecule has 1 aromatic carbocycles. The third-order valence-corrected chi connectivity index (χ3v) is 5.37. The number of nitrogens with zero attached hydrogens (tertiary/aromatic N) is 1. The SMILES string of the molecule is CNCc1ccc(S(=O)(=O)N(C)CC2CC2)c(OC)c1. The van der Waals surface area contributed by atoms with E-state index in [2.05, 4.69) is 5.32 Å². The van der Waals surface area contributed by atoms with Gasteiger partial charge in [0.1, 0.15) is 10.6 Å². The second kappa shape index (κ2) is 6.11. The zero-order valence-corrected chi connectivity index (χ0v) is 13.0. The standard InChI is InChI=1S/C14H22N2O3S/c1-15-9-12-6-7-14(13(8-12)19-3)20(17,18)16(2)10-11-4-5-11/h6-8,11,15H,4-5,9-10H2,1-3H3. The molecular weight excluding hydrogens is 276 g/mol. The predicted molar refractivity (Wildman–Crippen MR) is 78.3 cm³/mol. The van der Waals surface area contributed by atoms with Gasteiger partial charge in [-0.25, -0.2) is 12.7 Å². The van der Waals surface area contributed by atoms with Gasteiger partial charge in [0.15, 0.2) is 0 Å². The zero-order chi connectivity index (χ0) is 14.8. The van der Waals surface area contributed by atoms with Crippen LogP contribution < -0.4 is 10.1 Å². The monoisotopic (exact) mass is 298 g/mol. The highest BCUT2D eigenvalue weighted by atomic mass is 32.2. The Labute approximate surface area is 121 Å². The van der Waals surface area contributed by atoms with Crippen molar-refractivity contribution in [1.29, 1.82) is 0 Å². The van der Waals surface area contributed by atoms with E-state index in [0.29, 0.717) is 24.8 Å².